The fraction of sp³-hybridized carbons (Fsp3) is 0.609. The van der Waals surface area contributed by atoms with Crippen molar-refractivity contribution in [3.05, 3.63) is 134 Å². The summed E-state index contributed by atoms with van der Waals surface area (Å²) in [6, 6.07) is 0. The molecule has 0 aliphatic carbocycles. The van der Waals surface area contributed by atoms with E-state index in [4.69, 9.17) is 14.2 Å². The maximum atomic E-state index is 12.8. The third-order valence-corrected chi connectivity index (χ3v) is 11.6. The van der Waals surface area contributed by atoms with E-state index in [-0.39, 0.29) is 44.0 Å². The van der Waals surface area contributed by atoms with Crippen molar-refractivity contribution in [2.75, 3.05) is 13.2 Å². The Balaban J connectivity index is 4.60. The van der Waals surface area contributed by atoms with E-state index in [0.29, 0.717) is 19.3 Å². The molecule has 70 heavy (non-hydrogen) atoms. The lowest BCUT2D eigenvalue weighted by Crippen LogP contribution is -2.30. The highest BCUT2D eigenvalue weighted by Gasteiger charge is 2.19. The molecule has 0 aliphatic rings. The van der Waals surface area contributed by atoms with Crippen molar-refractivity contribution in [3.8, 4) is 0 Å². The van der Waals surface area contributed by atoms with E-state index in [9.17, 15) is 14.4 Å². The van der Waals surface area contributed by atoms with E-state index < -0.39 is 6.10 Å². The topological polar surface area (TPSA) is 78.9 Å². The van der Waals surface area contributed by atoms with Crippen molar-refractivity contribution in [1.82, 2.24) is 0 Å². The summed E-state index contributed by atoms with van der Waals surface area (Å²) in [5.74, 6) is -1.03. The second-order valence-electron chi connectivity index (χ2n) is 18.3. The first kappa shape index (κ1) is 65.5. The molecule has 0 rings (SSSR count). The van der Waals surface area contributed by atoms with Crippen LogP contribution in [0.4, 0.5) is 0 Å². The number of ether oxygens (including phenoxy) is 3. The van der Waals surface area contributed by atoms with Gasteiger partial charge in [0.1, 0.15) is 13.2 Å². The van der Waals surface area contributed by atoms with Crippen LogP contribution in [0, 0.1) is 0 Å². The number of esters is 3. The van der Waals surface area contributed by atoms with Gasteiger partial charge in [-0.3, -0.25) is 14.4 Å². The third kappa shape index (κ3) is 54.5. The highest BCUT2D eigenvalue weighted by molar-refractivity contribution is 5.71. The Kier molecular flexibility index (Phi) is 53.5. The standard InChI is InChI=1S/C64H102O6/c1-4-7-10-13-16-19-22-25-28-31-32-34-36-39-42-45-48-51-54-57-63(66)69-60-61(59-68-62(65)56-53-50-47-44-41-38-35-30-27-24-21-18-15-12-9-6-3)70-64(67)58-55-52-49-46-43-40-37-33-29-26-23-20-17-14-11-8-5-2/h7,10,13,16,19,22,25-26,28-32,34-37,39-40,42,46,49,61H,4-6,8-9,11-12,14-15,17-18,20-21,23-24,27,33,38,41,43-45,47-48,50-60H2,1-3H3/b10-7-,16-13-,22-19-,28-25-,29-26-,32-31+,35-30-,36-34-,40-37-,42-39-,49-46-. The van der Waals surface area contributed by atoms with E-state index in [1.165, 1.54) is 103 Å². The van der Waals surface area contributed by atoms with Gasteiger partial charge in [-0.2, -0.15) is 0 Å². The summed E-state index contributed by atoms with van der Waals surface area (Å²) in [6.07, 6.45) is 80.1. The maximum absolute atomic E-state index is 12.8. The monoisotopic (exact) mass is 967 g/mol. The van der Waals surface area contributed by atoms with Crippen molar-refractivity contribution in [2.45, 2.75) is 239 Å². The molecular formula is C64H102O6. The van der Waals surface area contributed by atoms with Crippen LogP contribution in [0.15, 0.2) is 134 Å². The highest BCUT2D eigenvalue weighted by atomic mass is 16.6. The normalized spacial score (nSPS) is 13.1. The fourth-order valence-electron chi connectivity index (χ4n) is 7.32. The first-order chi connectivity index (χ1) is 34.5. The number of unbranched alkanes of at least 4 members (excludes halogenated alkanes) is 22. The largest absolute Gasteiger partial charge is 0.462 e. The van der Waals surface area contributed by atoms with Crippen LogP contribution in [0.3, 0.4) is 0 Å². The summed E-state index contributed by atoms with van der Waals surface area (Å²) in [7, 11) is 0. The number of hydrogen-bond donors (Lipinski definition) is 0. The summed E-state index contributed by atoms with van der Waals surface area (Å²) in [5.41, 5.74) is 0. The summed E-state index contributed by atoms with van der Waals surface area (Å²) in [6.45, 7) is 6.39. The van der Waals surface area contributed by atoms with Gasteiger partial charge in [0, 0.05) is 19.3 Å². The molecule has 1 atom stereocenters. The van der Waals surface area contributed by atoms with Gasteiger partial charge >= 0.3 is 17.9 Å². The Bertz CT molecular complexity index is 1530. The summed E-state index contributed by atoms with van der Waals surface area (Å²) in [5, 5.41) is 0. The maximum Gasteiger partial charge on any atom is 0.306 e. The van der Waals surface area contributed by atoms with E-state index in [2.05, 4.69) is 81.5 Å². The molecule has 0 spiro atoms. The van der Waals surface area contributed by atoms with Crippen molar-refractivity contribution in [2.24, 2.45) is 0 Å². The van der Waals surface area contributed by atoms with Crippen LogP contribution >= 0.6 is 0 Å². The molecule has 0 aromatic heterocycles. The predicted molar refractivity (Wildman–Crippen MR) is 302 cm³/mol. The molecule has 394 valence electrons. The molecule has 0 saturated heterocycles. The lowest BCUT2D eigenvalue weighted by molar-refractivity contribution is -0.167. The molecule has 0 heterocycles. The van der Waals surface area contributed by atoms with E-state index >= 15 is 0 Å². The predicted octanol–water partition coefficient (Wildman–Crippen LogP) is 19.0. The van der Waals surface area contributed by atoms with Gasteiger partial charge < -0.3 is 14.2 Å². The lowest BCUT2D eigenvalue weighted by Gasteiger charge is -2.18. The van der Waals surface area contributed by atoms with Crippen molar-refractivity contribution >= 4 is 17.9 Å². The molecule has 0 radical (unpaired) electrons. The minimum Gasteiger partial charge on any atom is -0.462 e. The number of rotatable bonds is 49. The SMILES string of the molecule is CC\C=C/C=C\C=C/C=C\C=C\C=C/C=C\CCCCCC(=O)OCC(COC(=O)CCCCCCC/C=C\CCCCCCCCC)OC(=O)CCC/C=C\C/C=C\C/C=C\CCCCCCCC. The van der Waals surface area contributed by atoms with Crippen LogP contribution in [0.2, 0.25) is 0 Å². The Morgan fingerprint density at radius 2 is 0.629 bits per heavy atom. The zero-order valence-corrected chi connectivity index (χ0v) is 45.0. The fourth-order valence-corrected chi connectivity index (χ4v) is 7.32. The Hall–Kier alpha value is -4.45. The quantitative estimate of drug-likeness (QED) is 0.0199. The van der Waals surface area contributed by atoms with Crippen LogP contribution in [-0.4, -0.2) is 37.2 Å². The van der Waals surface area contributed by atoms with Gasteiger partial charge in [-0.25, -0.2) is 0 Å². The molecule has 0 amide bonds. The van der Waals surface area contributed by atoms with Gasteiger partial charge in [-0.05, 0) is 96.3 Å². The minimum atomic E-state index is -0.832. The van der Waals surface area contributed by atoms with Gasteiger partial charge in [0.2, 0.25) is 0 Å². The van der Waals surface area contributed by atoms with Gasteiger partial charge in [0.05, 0.1) is 0 Å². The Morgan fingerprint density at radius 1 is 0.314 bits per heavy atom. The first-order valence-corrected chi connectivity index (χ1v) is 28.3. The molecule has 0 bridgehead atoms. The van der Waals surface area contributed by atoms with Crippen molar-refractivity contribution < 1.29 is 28.6 Å². The molecule has 0 aromatic rings. The molecular weight excluding hydrogens is 865 g/mol. The van der Waals surface area contributed by atoms with E-state index in [0.717, 1.165) is 77.0 Å². The zero-order valence-electron chi connectivity index (χ0n) is 45.0. The number of carbonyl (C=O) groups excluding carboxylic acids is 3. The minimum absolute atomic E-state index is 0.122. The molecule has 0 fully saturated rings. The average Bonchev–Trinajstić information content (AvgIpc) is 3.36. The van der Waals surface area contributed by atoms with Crippen LogP contribution < -0.4 is 0 Å². The summed E-state index contributed by atoms with van der Waals surface area (Å²) < 4.78 is 16.8. The third-order valence-electron chi connectivity index (χ3n) is 11.6. The van der Waals surface area contributed by atoms with Gasteiger partial charge in [-0.1, -0.05) is 251 Å². The van der Waals surface area contributed by atoms with Gasteiger partial charge in [0.15, 0.2) is 6.10 Å². The summed E-state index contributed by atoms with van der Waals surface area (Å²) in [4.78, 5) is 38.1. The summed E-state index contributed by atoms with van der Waals surface area (Å²) >= 11 is 0. The van der Waals surface area contributed by atoms with Crippen LogP contribution in [0.1, 0.15) is 233 Å². The molecule has 1 unspecified atom stereocenters. The van der Waals surface area contributed by atoms with Gasteiger partial charge in [-0.15, -0.1) is 0 Å². The van der Waals surface area contributed by atoms with Crippen LogP contribution in [-0.2, 0) is 28.6 Å². The number of hydrogen-bond acceptors (Lipinski definition) is 6. The molecule has 0 N–H and O–H groups in total. The average molecular weight is 968 g/mol. The van der Waals surface area contributed by atoms with E-state index in [1.807, 2.05) is 72.9 Å². The lowest BCUT2D eigenvalue weighted by atomic mass is 10.1. The Morgan fingerprint density at radius 3 is 1.07 bits per heavy atom. The first-order valence-electron chi connectivity index (χ1n) is 28.3. The van der Waals surface area contributed by atoms with Gasteiger partial charge in [0.25, 0.3) is 0 Å². The van der Waals surface area contributed by atoms with Crippen molar-refractivity contribution in [1.29, 1.82) is 0 Å². The number of allylic oxidation sites excluding steroid dienone is 22. The molecule has 6 nitrogen and oxygen atoms in total. The van der Waals surface area contributed by atoms with Crippen molar-refractivity contribution in [3.63, 3.8) is 0 Å². The van der Waals surface area contributed by atoms with E-state index in [1.54, 1.807) is 0 Å². The number of carbonyl (C=O) groups is 3. The molecule has 6 heteroatoms. The highest BCUT2D eigenvalue weighted by Crippen LogP contribution is 2.13. The Labute approximate surface area is 430 Å². The van der Waals surface area contributed by atoms with Crippen LogP contribution in [0.25, 0.3) is 0 Å². The second-order valence-corrected chi connectivity index (χ2v) is 18.3. The molecule has 0 aromatic carbocycles. The smallest absolute Gasteiger partial charge is 0.306 e. The zero-order chi connectivity index (χ0) is 50.7. The molecule has 0 aliphatic heterocycles. The van der Waals surface area contributed by atoms with Crippen LogP contribution in [0.5, 0.6) is 0 Å². The molecule has 0 saturated carbocycles. The second kappa shape index (κ2) is 57.1.